The van der Waals surface area contributed by atoms with Crippen molar-refractivity contribution >= 4 is 11.9 Å². The Morgan fingerprint density at radius 1 is 1.12 bits per heavy atom. The summed E-state index contributed by atoms with van der Waals surface area (Å²) in [5.41, 5.74) is 0. The summed E-state index contributed by atoms with van der Waals surface area (Å²) in [4.78, 5) is 27.1. The van der Waals surface area contributed by atoms with Crippen LogP contribution < -0.4 is 5.32 Å². The number of amides is 3. The first-order chi connectivity index (χ1) is 8.10. The molecule has 1 fully saturated rings. The largest absolute Gasteiger partial charge is 0.339 e. The van der Waals surface area contributed by atoms with E-state index in [1.807, 2.05) is 25.7 Å². The van der Waals surface area contributed by atoms with Crippen LogP contribution in [0.25, 0.3) is 0 Å². The molecule has 0 aromatic heterocycles. The Bertz CT molecular complexity index is 273. The lowest BCUT2D eigenvalue weighted by Crippen LogP contribution is -2.53. The number of hydrogen-bond donors (Lipinski definition) is 1. The first-order valence-corrected chi connectivity index (χ1v) is 6.41. The monoisotopic (exact) mass is 241 g/mol. The van der Waals surface area contributed by atoms with Crippen LogP contribution in [0, 0.1) is 5.92 Å². The minimum atomic E-state index is -0.0249. The van der Waals surface area contributed by atoms with Gasteiger partial charge in [-0.2, -0.15) is 0 Å². The number of carbonyl (C=O) groups is 2. The van der Waals surface area contributed by atoms with E-state index in [9.17, 15) is 9.59 Å². The van der Waals surface area contributed by atoms with Crippen molar-refractivity contribution in [2.75, 3.05) is 32.7 Å². The molecule has 3 amide bonds. The van der Waals surface area contributed by atoms with Crippen molar-refractivity contribution in [1.82, 2.24) is 15.1 Å². The molecule has 1 atom stereocenters. The zero-order valence-electron chi connectivity index (χ0n) is 11.0. The van der Waals surface area contributed by atoms with Gasteiger partial charge in [-0.15, -0.1) is 0 Å². The summed E-state index contributed by atoms with van der Waals surface area (Å²) in [6.45, 7) is 9.10. The van der Waals surface area contributed by atoms with E-state index in [0.29, 0.717) is 32.7 Å². The molecule has 1 saturated heterocycles. The van der Waals surface area contributed by atoms with Gasteiger partial charge in [0.05, 0.1) is 0 Å². The van der Waals surface area contributed by atoms with Crippen LogP contribution in [-0.4, -0.2) is 54.5 Å². The quantitative estimate of drug-likeness (QED) is 0.798. The maximum absolute atomic E-state index is 11.9. The summed E-state index contributed by atoms with van der Waals surface area (Å²) in [5.74, 6) is 0.300. The second kappa shape index (κ2) is 6.47. The van der Waals surface area contributed by atoms with Gasteiger partial charge in [-0.05, 0) is 13.3 Å². The van der Waals surface area contributed by atoms with Crippen LogP contribution in [0.5, 0.6) is 0 Å². The normalized spacial score (nSPS) is 17.8. The molecule has 0 saturated carbocycles. The van der Waals surface area contributed by atoms with Gasteiger partial charge < -0.3 is 15.1 Å². The molecule has 98 valence electrons. The third kappa shape index (κ3) is 3.61. The molecule has 1 rings (SSSR count). The zero-order chi connectivity index (χ0) is 12.8. The van der Waals surface area contributed by atoms with Crippen LogP contribution in [0.3, 0.4) is 0 Å². The maximum Gasteiger partial charge on any atom is 0.317 e. The van der Waals surface area contributed by atoms with E-state index in [4.69, 9.17) is 0 Å². The van der Waals surface area contributed by atoms with Crippen molar-refractivity contribution in [2.45, 2.75) is 27.2 Å². The number of hydrogen-bond acceptors (Lipinski definition) is 2. The van der Waals surface area contributed by atoms with Crippen molar-refractivity contribution in [3.63, 3.8) is 0 Å². The Kier molecular flexibility index (Phi) is 5.25. The molecule has 0 aliphatic carbocycles. The highest BCUT2D eigenvalue weighted by Crippen LogP contribution is 2.10. The van der Waals surface area contributed by atoms with Crippen LogP contribution in [0.15, 0.2) is 0 Å². The van der Waals surface area contributed by atoms with Crippen molar-refractivity contribution in [3.8, 4) is 0 Å². The summed E-state index contributed by atoms with van der Waals surface area (Å²) in [7, 11) is 0. The summed E-state index contributed by atoms with van der Waals surface area (Å²) in [6, 6.07) is -0.0249. The van der Waals surface area contributed by atoms with Crippen LogP contribution in [0.2, 0.25) is 0 Å². The Morgan fingerprint density at radius 3 is 2.12 bits per heavy atom. The zero-order valence-corrected chi connectivity index (χ0v) is 11.0. The van der Waals surface area contributed by atoms with Crippen LogP contribution >= 0.6 is 0 Å². The first kappa shape index (κ1) is 13.8. The highest BCUT2D eigenvalue weighted by molar-refractivity contribution is 5.79. The average Bonchev–Trinajstić information content (AvgIpc) is 2.37. The molecule has 17 heavy (non-hydrogen) atoms. The Hall–Kier alpha value is -1.26. The van der Waals surface area contributed by atoms with Gasteiger partial charge in [0.25, 0.3) is 0 Å². The molecule has 1 aliphatic heterocycles. The summed E-state index contributed by atoms with van der Waals surface area (Å²) < 4.78 is 0. The van der Waals surface area contributed by atoms with E-state index < -0.39 is 0 Å². The Balaban J connectivity index is 2.40. The minimum Gasteiger partial charge on any atom is -0.339 e. The first-order valence-electron chi connectivity index (χ1n) is 6.41. The van der Waals surface area contributed by atoms with E-state index in [1.54, 1.807) is 4.90 Å². The molecule has 1 unspecified atom stereocenters. The van der Waals surface area contributed by atoms with Crippen molar-refractivity contribution in [1.29, 1.82) is 0 Å². The topological polar surface area (TPSA) is 52.7 Å². The van der Waals surface area contributed by atoms with Gasteiger partial charge in [0.1, 0.15) is 0 Å². The number of piperazine rings is 1. The van der Waals surface area contributed by atoms with Crippen LogP contribution in [0.1, 0.15) is 27.2 Å². The van der Waals surface area contributed by atoms with Gasteiger partial charge in [0, 0.05) is 38.6 Å². The number of rotatable bonds is 3. The SMILES string of the molecule is CCNC(=O)N1CCN(C(=O)C(C)CC)CC1. The summed E-state index contributed by atoms with van der Waals surface area (Å²) >= 11 is 0. The third-order valence-electron chi connectivity index (χ3n) is 3.24. The van der Waals surface area contributed by atoms with Crippen molar-refractivity contribution < 1.29 is 9.59 Å². The van der Waals surface area contributed by atoms with E-state index in [0.717, 1.165) is 6.42 Å². The second-order valence-corrected chi connectivity index (χ2v) is 4.46. The molecule has 0 bridgehead atoms. The Morgan fingerprint density at radius 2 is 1.65 bits per heavy atom. The molecule has 0 aromatic carbocycles. The van der Waals surface area contributed by atoms with Crippen molar-refractivity contribution in [3.05, 3.63) is 0 Å². The molecular formula is C12H23N3O2. The highest BCUT2D eigenvalue weighted by Gasteiger charge is 2.25. The predicted octanol–water partition coefficient (Wildman–Crippen LogP) is 0.906. The van der Waals surface area contributed by atoms with E-state index in [1.165, 1.54) is 0 Å². The lowest BCUT2D eigenvalue weighted by atomic mass is 10.1. The van der Waals surface area contributed by atoms with E-state index in [-0.39, 0.29) is 17.9 Å². The number of nitrogens with one attached hydrogen (secondary N) is 1. The molecule has 1 heterocycles. The number of nitrogens with zero attached hydrogens (tertiary/aromatic N) is 2. The van der Waals surface area contributed by atoms with Gasteiger partial charge in [-0.25, -0.2) is 4.79 Å². The molecule has 1 N–H and O–H groups in total. The molecule has 0 spiro atoms. The van der Waals surface area contributed by atoms with E-state index >= 15 is 0 Å². The fourth-order valence-electron chi connectivity index (χ4n) is 1.88. The molecule has 0 aromatic rings. The fourth-order valence-corrected chi connectivity index (χ4v) is 1.88. The van der Waals surface area contributed by atoms with E-state index in [2.05, 4.69) is 5.32 Å². The number of urea groups is 1. The van der Waals surface area contributed by atoms with Crippen LogP contribution in [-0.2, 0) is 4.79 Å². The van der Waals surface area contributed by atoms with Gasteiger partial charge in [-0.1, -0.05) is 13.8 Å². The molecular weight excluding hydrogens is 218 g/mol. The predicted molar refractivity (Wildman–Crippen MR) is 66.7 cm³/mol. The molecule has 0 radical (unpaired) electrons. The lowest BCUT2D eigenvalue weighted by molar-refractivity contribution is -0.136. The minimum absolute atomic E-state index is 0.0249. The lowest BCUT2D eigenvalue weighted by Gasteiger charge is -2.35. The summed E-state index contributed by atoms with van der Waals surface area (Å²) in [6.07, 6.45) is 0.870. The fraction of sp³-hybridized carbons (Fsp3) is 0.833. The molecule has 5 heteroatoms. The van der Waals surface area contributed by atoms with Gasteiger partial charge in [-0.3, -0.25) is 4.79 Å². The maximum atomic E-state index is 11.9. The van der Waals surface area contributed by atoms with Crippen LogP contribution in [0.4, 0.5) is 4.79 Å². The van der Waals surface area contributed by atoms with Gasteiger partial charge in [0.15, 0.2) is 0 Å². The summed E-state index contributed by atoms with van der Waals surface area (Å²) in [5, 5.41) is 2.78. The number of carbonyl (C=O) groups excluding carboxylic acids is 2. The average molecular weight is 241 g/mol. The third-order valence-corrected chi connectivity index (χ3v) is 3.24. The smallest absolute Gasteiger partial charge is 0.317 e. The van der Waals surface area contributed by atoms with Crippen molar-refractivity contribution in [2.24, 2.45) is 5.92 Å². The van der Waals surface area contributed by atoms with Gasteiger partial charge >= 0.3 is 6.03 Å². The molecule has 1 aliphatic rings. The Labute approximate surface area is 103 Å². The molecule has 5 nitrogen and oxygen atoms in total. The second-order valence-electron chi connectivity index (χ2n) is 4.46. The van der Waals surface area contributed by atoms with Gasteiger partial charge in [0.2, 0.25) is 5.91 Å². The highest BCUT2D eigenvalue weighted by atomic mass is 16.2. The standard InChI is InChI=1S/C12H23N3O2/c1-4-10(3)11(16)14-6-8-15(9-7-14)12(17)13-5-2/h10H,4-9H2,1-3H3,(H,13,17).